The van der Waals surface area contributed by atoms with Crippen LogP contribution >= 0.6 is 0 Å². The maximum Gasteiger partial charge on any atom is 0.416 e. The number of hydrogen-bond acceptors (Lipinski definition) is 6. The third-order valence-electron chi connectivity index (χ3n) is 3.78. The fourth-order valence-corrected chi connectivity index (χ4v) is 2.62. The monoisotopic (exact) mass is 374 g/mol. The Hall–Kier alpha value is -2.49. The normalized spacial score (nSPS) is 17.8. The summed E-state index contributed by atoms with van der Waals surface area (Å²) in [6.07, 6.45) is -6.17. The zero-order chi connectivity index (χ0) is 18.7. The minimum Gasteiger partial charge on any atom is -0.493 e. The number of hydrogen-bond donors (Lipinski definition) is 0. The number of alkyl halides is 3. The number of ether oxygens (including phenoxy) is 3. The van der Waals surface area contributed by atoms with Gasteiger partial charge in [0.1, 0.15) is 11.9 Å². The SMILES string of the molecule is COC[C@@H]1CN(c2noc3cc(OCCCC(F)(F)F)ccc23)C(=O)O1. The predicted octanol–water partition coefficient (Wildman–Crippen LogP) is 3.52. The van der Waals surface area contributed by atoms with Crippen molar-refractivity contribution < 1.29 is 36.7 Å². The Labute approximate surface area is 146 Å². The number of fused-ring (bicyclic) bond motifs is 1. The van der Waals surface area contributed by atoms with Crippen molar-refractivity contribution >= 4 is 22.9 Å². The molecule has 1 aliphatic heterocycles. The second-order valence-electron chi connectivity index (χ2n) is 5.80. The minimum absolute atomic E-state index is 0.0663. The number of carbonyl (C=O) groups is 1. The van der Waals surface area contributed by atoms with E-state index in [0.29, 0.717) is 22.5 Å². The number of halogens is 3. The fourth-order valence-electron chi connectivity index (χ4n) is 2.62. The maximum absolute atomic E-state index is 12.1. The third-order valence-corrected chi connectivity index (χ3v) is 3.78. The molecule has 26 heavy (non-hydrogen) atoms. The molecule has 0 radical (unpaired) electrons. The minimum atomic E-state index is -4.20. The number of nitrogens with zero attached hydrogens (tertiary/aromatic N) is 2. The van der Waals surface area contributed by atoms with E-state index in [2.05, 4.69) is 5.16 Å². The summed E-state index contributed by atoms with van der Waals surface area (Å²) in [5.41, 5.74) is 0.358. The Morgan fingerprint density at radius 1 is 1.38 bits per heavy atom. The molecular formula is C16H17F3N2O5. The van der Waals surface area contributed by atoms with E-state index in [1.165, 1.54) is 18.1 Å². The number of aromatic nitrogens is 1. The third kappa shape index (κ3) is 4.18. The summed E-state index contributed by atoms with van der Waals surface area (Å²) in [7, 11) is 1.51. The number of cyclic esters (lactones) is 1. The van der Waals surface area contributed by atoms with Crippen LogP contribution in [-0.2, 0) is 9.47 Å². The van der Waals surface area contributed by atoms with Crippen LogP contribution < -0.4 is 9.64 Å². The summed E-state index contributed by atoms with van der Waals surface area (Å²) in [6, 6.07) is 4.75. The van der Waals surface area contributed by atoms with E-state index in [0.717, 1.165) is 0 Å². The lowest BCUT2D eigenvalue weighted by Crippen LogP contribution is -2.26. The van der Waals surface area contributed by atoms with Crippen LogP contribution in [0.3, 0.4) is 0 Å². The Balaban J connectivity index is 1.67. The highest BCUT2D eigenvalue weighted by atomic mass is 19.4. The van der Waals surface area contributed by atoms with Crippen LogP contribution in [0, 0.1) is 0 Å². The van der Waals surface area contributed by atoms with Gasteiger partial charge in [0.15, 0.2) is 11.4 Å². The van der Waals surface area contributed by atoms with E-state index in [1.54, 1.807) is 12.1 Å². The number of anilines is 1. The van der Waals surface area contributed by atoms with Crippen molar-refractivity contribution in [3.63, 3.8) is 0 Å². The van der Waals surface area contributed by atoms with Crippen molar-refractivity contribution in [3.8, 4) is 5.75 Å². The number of methoxy groups -OCH3 is 1. The molecule has 0 spiro atoms. The van der Waals surface area contributed by atoms with Gasteiger partial charge in [0, 0.05) is 19.6 Å². The molecule has 142 valence electrons. The molecule has 10 heteroatoms. The lowest BCUT2D eigenvalue weighted by atomic mass is 10.2. The van der Waals surface area contributed by atoms with Crippen molar-refractivity contribution in [1.82, 2.24) is 5.16 Å². The van der Waals surface area contributed by atoms with Crippen LogP contribution in [0.5, 0.6) is 5.75 Å². The van der Waals surface area contributed by atoms with Gasteiger partial charge < -0.3 is 18.7 Å². The van der Waals surface area contributed by atoms with Crippen LogP contribution in [-0.4, -0.2) is 50.4 Å². The molecule has 0 unspecified atom stereocenters. The van der Waals surface area contributed by atoms with Gasteiger partial charge in [-0.3, -0.25) is 4.90 Å². The molecule has 0 aliphatic carbocycles. The van der Waals surface area contributed by atoms with Crippen molar-refractivity contribution in [2.75, 3.05) is 31.8 Å². The zero-order valence-corrected chi connectivity index (χ0v) is 13.9. The van der Waals surface area contributed by atoms with Gasteiger partial charge >= 0.3 is 12.3 Å². The van der Waals surface area contributed by atoms with Gasteiger partial charge in [0.2, 0.25) is 0 Å². The molecule has 0 saturated carbocycles. The molecule has 1 aromatic heterocycles. The molecule has 1 aromatic carbocycles. The van der Waals surface area contributed by atoms with E-state index in [4.69, 9.17) is 18.7 Å². The fraction of sp³-hybridized carbons (Fsp3) is 0.500. The molecule has 2 aromatic rings. The van der Waals surface area contributed by atoms with E-state index in [-0.39, 0.29) is 26.2 Å². The Kier molecular flexibility index (Phi) is 5.21. The van der Waals surface area contributed by atoms with E-state index < -0.39 is 24.8 Å². The number of amides is 1. The van der Waals surface area contributed by atoms with Gasteiger partial charge in [-0.15, -0.1) is 0 Å². The first-order chi connectivity index (χ1) is 12.4. The van der Waals surface area contributed by atoms with Crippen molar-refractivity contribution in [3.05, 3.63) is 18.2 Å². The van der Waals surface area contributed by atoms with Gasteiger partial charge in [-0.25, -0.2) is 4.79 Å². The van der Waals surface area contributed by atoms with Crippen LogP contribution in [0.25, 0.3) is 11.0 Å². The molecule has 1 aliphatic rings. The largest absolute Gasteiger partial charge is 0.493 e. The second kappa shape index (κ2) is 7.40. The van der Waals surface area contributed by atoms with Gasteiger partial charge in [0.25, 0.3) is 0 Å². The summed E-state index contributed by atoms with van der Waals surface area (Å²) in [5.74, 6) is 0.677. The average molecular weight is 374 g/mol. The topological polar surface area (TPSA) is 74.0 Å². The Morgan fingerprint density at radius 2 is 2.19 bits per heavy atom. The van der Waals surface area contributed by atoms with Crippen LogP contribution in [0.2, 0.25) is 0 Å². The zero-order valence-electron chi connectivity index (χ0n) is 13.9. The second-order valence-corrected chi connectivity index (χ2v) is 5.80. The van der Waals surface area contributed by atoms with E-state index in [9.17, 15) is 18.0 Å². The number of carbonyl (C=O) groups excluding carboxylic acids is 1. The summed E-state index contributed by atoms with van der Waals surface area (Å²) in [6.45, 7) is 0.487. The molecule has 1 atom stereocenters. The molecule has 0 bridgehead atoms. The highest BCUT2D eigenvalue weighted by molar-refractivity contribution is 5.99. The molecule has 0 N–H and O–H groups in total. The van der Waals surface area contributed by atoms with Crippen molar-refractivity contribution in [2.45, 2.75) is 25.1 Å². The summed E-state index contributed by atoms with van der Waals surface area (Å²) in [5, 5.41) is 4.47. The maximum atomic E-state index is 12.1. The number of rotatable bonds is 7. The van der Waals surface area contributed by atoms with Gasteiger partial charge in [-0.1, -0.05) is 5.16 Å². The average Bonchev–Trinajstić information content (AvgIpc) is 3.14. The number of benzene rings is 1. The smallest absolute Gasteiger partial charge is 0.416 e. The van der Waals surface area contributed by atoms with Gasteiger partial charge in [-0.2, -0.15) is 13.2 Å². The quantitative estimate of drug-likeness (QED) is 0.691. The molecule has 1 amide bonds. The summed E-state index contributed by atoms with van der Waals surface area (Å²) >= 11 is 0. The van der Waals surface area contributed by atoms with Crippen LogP contribution in [0.4, 0.5) is 23.8 Å². The standard InChI is InChI=1S/C16H17F3N2O5/c1-23-9-11-8-21(15(22)25-11)14-12-4-3-10(7-13(12)26-20-14)24-6-2-5-16(17,18)19/h3-4,7,11H,2,5-6,8-9H2,1H3/t11-/m0/s1. The highest BCUT2D eigenvalue weighted by Crippen LogP contribution is 2.32. The highest BCUT2D eigenvalue weighted by Gasteiger charge is 2.35. The summed E-state index contributed by atoms with van der Waals surface area (Å²) in [4.78, 5) is 13.3. The molecule has 3 rings (SSSR count). The predicted molar refractivity (Wildman–Crippen MR) is 84.3 cm³/mol. The van der Waals surface area contributed by atoms with Gasteiger partial charge in [-0.05, 0) is 18.6 Å². The molecular weight excluding hydrogens is 357 g/mol. The van der Waals surface area contributed by atoms with Crippen LogP contribution in [0.15, 0.2) is 22.7 Å². The van der Waals surface area contributed by atoms with E-state index >= 15 is 0 Å². The molecule has 7 nitrogen and oxygen atoms in total. The lowest BCUT2D eigenvalue weighted by molar-refractivity contribution is -0.136. The van der Waals surface area contributed by atoms with Crippen LogP contribution in [0.1, 0.15) is 12.8 Å². The first-order valence-electron chi connectivity index (χ1n) is 7.93. The van der Waals surface area contributed by atoms with E-state index in [1.807, 2.05) is 0 Å². The molecule has 1 saturated heterocycles. The first kappa shape index (κ1) is 18.3. The molecule has 1 fully saturated rings. The molecule has 2 heterocycles. The van der Waals surface area contributed by atoms with Crippen molar-refractivity contribution in [2.24, 2.45) is 0 Å². The van der Waals surface area contributed by atoms with Crippen molar-refractivity contribution in [1.29, 1.82) is 0 Å². The van der Waals surface area contributed by atoms with Gasteiger partial charge in [0.05, 0.1) is 25.1 Å². The lowest BCUT2D eigenvalue weighted by Gasteiger charge is -2.09. The summed E-state index contributed by atoms with van der Waals surface area (Å²) < 4.78 is 57.0. The Bertz CT molecular complexity index is 777. The Morgan fingerprint density at radius 3 is 2.92 bits per heavy atom. The first-order valence-corrected chi connectivity index (χ1v) is 7.93.